The average Bonchev–Trinajstić information content (AvgIpc) is 2.84. The Hall–Kier alpha value is -0.430. The summed E-state index contributed by atoms with van der Waals surface area (Å²) in [5.41, 5.74) is 0.813. The molecule has 0 spiro atoms. The highest BCUT2D eigenvalue weighted by atomic mass is 127. The molecule has 2 heterocycles. The molecule has 1 aliphatic rings. The fraction of sp³-hybridized carbons (Fsp3) is 0.455. The first-order valence-electron chi connectivity index (χ1n) is 5.47. The van der Waals surface area contributed by atoms with Crippen molar-refractivity contribution in [2.24, 2.45) is 0 Å². The number of aromatic nitrogens is 3. The zero-order valence-electron chi connectivity index (χ0n) is 8.91. The lowest BCUT2D eigenvalue weighted by atomic mass is 10.2. The van der Waals surface area contributed by atoms with Gasteiger partial charge in [0.15, 0.2) is 0 Å². The monoisotopic (exact) mass is 365 g/mol. The van der Waals surface area contributed by atoms with Gasteiger partial charge in [-0.05, 0) is 41.9 Å². The Balaban J connectivity index is 2.14. The minimum Gasteiger partial charge on any atom is -0.328 e. The van der Waals surface area contributed by atoms with Crippen molar-refractivity contribution in [3.05, 3.63) is 21.2 Å². The molecule has 1 fully saturated rings. The molecule has 2 atom stereocenters. The van der Waals surface area contributed by atoms with Gasteiger partial charge in [-0.15, -0.1) is 0 Å². The Morgan fingerprint density at radius 3 is 2.94 bits per heavy atom. The zero-order chi connectivity index (χ0) is 12.0. The van der Waals surface area contributed by atoms with Crippen molar-refractivity contribution in [2.45, 2.75) is 31.5 Å². The fourth-order valence-corrected chi connectivity index (χ4v) is 3.63. The molecule has 0 radical (unpaired) electrons. The molecule has 17 heavy (non-hydrogen) atoms. The van der Waals surface area contributed by atoms with Crippen molar-refractivity contribution in [3.8, 4) is 0 Å². The maximum absolute atomic E-state index is 13.3. The molecule has 0 N–H and O–H groups in total. The summed E-state index contributed by atoms with van der Waals surface area (Å²) in [6.45, 7) is 0. The van der Waals surface area contributed by atoms with Gasteiger partial charge in [-0.25, -0.2) is 14.4 Å². The summed E-state index contributed by atoms with van der Waals surface area (Å²) >= 11 is 8.28. The maximum atomic E-state index is 13.3. The lowest BCUT2D eigenvalue weighted by Gasteiger charge is -2.12. The van der Waals surface area contributed by atoms with Gasteiger partial charge in [0.2, 0.25) is 0 Å². The predicted octanol–water partition coefficient (Wildman–Crippen LogP) is 3.75. The van der Waals surface area contributed by atoms with Gasteiger partial charge in [-0.1, -0.05) is 11.6 Å². The van der Waals surface area contributed by atoms with Crippen LogP contribution in [0, 0.1) is 3.57 Å². The van der Waals surface area contributed by atoms with Gasteiger partial charge in [0.1, 0.15) is 23.3 Å². The van der Waals surface area contributed by atoms with E-state index in [4.69, 9.17) is 11.6 Å². The molecular formula is C11H10ClFIN3. The molecule has 0 aliphatic heterocycles. The first-order chi connectivity index (χ1) is 8.16. The summed E-state index contributed by atoms with van der Waals surface area (Å²) in [6, 6.07) is 0.196. The van der Waals surface area contributed by atoms with Crippen molar-refractivity contribution in [1.82, 2.24) is 14.5 Å². The van der Waals surface area contributed by atoms with Crippen LogP contribution >= 0.6 is 34.2 Å². The van der Waals surface area contributed by atoms with Crippen LogP contribution < -0.4 is 0 Å². The standard InChI is InChI=1S/C11H10ClFIN3/c12-10-9-8(14)4-17(11(9)16-5-15-10)7-2-1-6(13)3-7/h4-7H,1-3H2. The number of halogens is 3. The molecule has 2 unspecified atom stereocenters. The summed E-state index contributed by atoms with van der Waals surface area (Å²) in [5, 5.41) is 1.34. The van der Waals surface area contributed by atoms with Crippen LogP contribution in [-0.2, 0) is 0 Å². The summed E-state index contributed by atoms with van der Waals surface area (Å²) in [7, 11) is 0. The summed E-state index contributed by atoms with van der Waals surface area (Å²) in [4.78, 5) is 8.26. The Labute approximate surface area is 117 Å². The molecule has 90 valence electrons. The van der Waals surface area contributed by atoms with E-state index in [0.29, 0.717) is 18.0 Å². The molecule has 0 amide bonds. The summed E-state index contributed by atoms with van der Waals surface area (Å²) in [5.74, 6) is 0. The Bertz CT molecular complexity index is 571. The number of nitrogens with zero attached hydrogens (tertiary/aromatic N) is 3. The first-order valence-corrected chi connectivity index (χ1v) is 6.93. The van der Waals surface area contributed by atoms with Gasteiger partial charge in [0.25, 0.3) is 0 Å². The molecule has 3 nitrogen and oxygen atoms in total. The quantitative estimate of drug-likeness (QED) is 0.569. The second kappa shape index (κ2) is 4.35. The van der Waals surface area contributed by atoms with Gasteiger partial charge in [-0.3, -0.25) is 0 Å². The van der Waals surface area contributed by atoms with Gasteiger partial charge in [-0.2, -0.15) is 0 Å². The minimum absolute atomic E-state index is 0.196. The van der Waals surface area contributed by atoms with Gasteiger partial charge < -0.3 is 4.57 Å². The number of hydrogen-bond donors (Lipinski definition) is 0. The third-order valence-corrected chi connectivity index (χ3v) is 4.36. The van der Waals surface area contributed by atoms with E-state index in [1.165, 1.54) is 6.33 Å². The minimum atomic E-state index is -0.688. The van der Waals surface area contributed by atoms with Crippen LogP contribution in [0.4, 0.5) is 4.39 Å². The van der Waals surface area contributed by atoms with E-state index in [9.17, 15) is 4.39 Å². The molecule has 2 aromatic rings. The average molecular weight is 366 g/mol. The highest BCUT2D eigenvalue weighted by Gasteiger charge is 2.27. The fourth-order valence-electron chi connectivity index (χ4n) is 2.44. The van der Waals surface area contributed by atoms with E-state index in [1.54, 1.807) is 0 Å². The van der Waals surface area contributed by atoms with Crippen molar-refractivity contribution < 1.29 is 4.39 Å². The highest BCUT2D eigenvalue weighted by Crippen LogP contribution is 2.36. The van der Waals surface area contributed by atoms with Crippen molar-refractivity contribution in [3.63, 3.8) is 0 Å². The highest BCUT2D eigenvalue weighted by molar-refractivity contribution is 14.1. The van der Waals surface area contributed by atoms with E-state index in [0.717, 1.165) is 21.0 Å². The normalized spacial score (nSPS) is 24.6. The molecule has 0 aromatic carbocycles. The van der Waals surface area contributed by atoms with E-state index in [2.05, 4.69) is 32.6 Å². The molecular weight excluding hydrogens is 355 g/mol. The van der Waals surface area contributed by atoms with Crippen LogP contribution in [0.15, 0.2) is 12.5 Å². The van der Waals surface area contributed by atoms with Gasteiger partial charge >= 0.3 is 0 Å². The van der Waals surface area contributed by atoms with E-state index >= 15 is 0 Å². The summed E-state index contributed by atoms with van der Waals surface area (Å²) < 4.78 is 16.3. The van der Waals surface area contributed by atoms with Gasteiger partial charge in [0, 0.05) is 15.8 Å². The van der Waals surface area contributed by atoms with E-state index in [-0.39, 0.29) is 6.04 Å². The topological polar surface area (TPSA) is 30.7 Å². The van der Waals surface area contributed by atoms with Crippen LogP contribution in [0.2, 0.25) is 5.15 Å². The Kier molecular flexibility index (Phi) is 2.98. The molecule has 0 bridgehead atoms. The molecule has 1 saturated carbocycles. The Morgan fingerprint density at radius 2 is 2.24 bits per heavy atom. The lowest BCUT2D eigenvalue weighted by molar-refractivity contribution is 0.331. The summed E-state index contributed by atoms with van der Waals surface area (Å²) in [6.07, 6.45) is 4.84. The number of rotatable bonds is 1. The van der Waals surface area contributed by atoms with E-state index < -0.39 is 6.17 Å². The van der Waals surface area contributed by atoms with Crippen LogP contribution in [0.1, 0.15) is 25.3 Å². The second-order valence-electron chi connectivity index (χ2n) is 4.31. The molecule has 2 aromatic heterocycles. The van der Waals surface area contributed by atoms with Crippen LogP contribution in [-0.4, -0.2) is 20.7 Å². The lowest BCUT2D eigenvalue weighted by Crippen LogP contribution is -2.05. The molecule has 3 rings (SSSR count). The largest absolute Gasteiger partial charge is 0.328 e. The number of hydrogen-bond acceptors (Lipinski definition) is 2. The number of fused-ring (bicyclic) bond motifs is 1. The van der Waals surface area contributed by atoms with Crippen molar-refractivity contribution in [2.75, 3.05) is 0 Å². The number of alkyl halides is 1. The molecule has 0 saturated heterocycles. The van der Waals surface area contributed by atoms with Crippen LogP contribution in [0.25, 0.3) is 11.0 Å². The third-order valence-electron chi connectivity index (χ3n) is 3.25. The maximum Gasteiger partial charge on any atom is 0.146 e. The first kappa shape index (κ1) is 11.6. The van der Waals surface area contributed by atoms with Crippen LogP contribution in [0.3, 0.4) is 0 Å². The molecule has 1 aliphatic carbocycles. The van der Waals surface area contributed by atoms with Crippen molar-refractivity contribution in [1.29, 1.82) is 0 Å². The predicted molar refractivity (Wildman–Crippen MR) is 73.0 cm³/mol. The smallest absolute Gasteiger partial charge is 0.146 e. The molecule has 6 heteroatoms. The second-order valence-corrected chi connectivity index (χ2v) is 5.83. The van der Waals surface area contributed by atoms with Crippen molar-refractivity contribution >= 4 is 45.2 Å². The van der Waals surface area contributed by atoms with Crippen LogP contribution in [0.5, 0.6) is 0 Å². The van der Waals surface area contributed by atoms with Gasteiger partial charge in [0.05, 0.1) is 5.39 Å². The zero-order valence-corrected chi connectivity index (χ0v) is 11.8. The third kappa shape index (κ3) is 1.93. The Morgan fingerprint density at radius 1 is 1.41 bits per heavy atom. The SMILES string of the molecule is FC1CCC(n2cc(I)c3c(Cl)ncnc32)C1. The van der Waals surface area contributed by atoms with E-state index in [1.807, 2.05) is 10.8 Å².